The first-order chi connectivity index (χ1) is 10.6. The van der Waals surface area contributed by atoms with Crippen LogP contribution in [0.15, 0.2) is 12.1 Å². The molecular formula is C18H30N2OS. The average molecular weight is 323 g/mol. The van der Waals surface area contributed by atoms with E-state index < -0.39 is 0 Å². The van der Waals surface area contributed by atoms with E-state index >= 15 is 0 Å². The van der Waals surface area contributed by atoms with Crippen molar-refractivity contribution in [2.24, 2.45) is 0 Å². The van der Waals surface area contributed by atoms with Crippen molar-refractivity contribution < 1.29 is 5.11 Å². The van der Waals surface area contributed by atoms with Crippen LogP contribution in [0.3, 0.4) is 0 Å². The Bertz CT molecular complexity index is 467. The van der Waals surface area contributed by atoms with E-state index in [-0.39, 0.29) is 6.10 Å². The summed E-state index contributed by atoms with van der Waals surface area (Å²) in [7, 11) is 0. The maximum absolute atomic E-state index is 10.2. The van der Waals surface area contributed by atoms with Crippen molar-refractivity contribution in [3.8, 4) is 0 Å². The quantitative estimate of drug-likeness (QED) is 0.891. The molecule has 0 amide bonds. The fourth-order valence-electron chi connectivity index (χ4n) is 4.04. The molecule has 1 saturated carbocycles. The Morgan fingerprint density at radius 3 is 2.55 bits per heavy atom. The number of aliphatic hydroxyl groups is 1. The molecule has 2 N–H and O–H groups in total. The molecule has 0 aromatic carbocycles. The predicted octanol–water partition coefficient (Wildman–Crippen LogP) is 3.48. The lowest BCUT2D eigenvalue weighted by Crippen LogP contribution is -2.51. The second kappa shape index (κ2) is 7.43. The molecule has 2 aliphatic rings. The van der Waals surface area contributed by atoms with E-state index in [0.29, 0.717) is 18.1 Å². The van der Waals surface area contributed by atoms with Gasteiger partial charge < -0.3 is 10.4 Å². The molecule has 1 aliphatic heterocycles. The van der Waals surface area contributed by atoms with Crippen molar-refractivity contribution >= 4 is 11.3 Å². The summed E-state index contributed by atoms with van der Waals surface area (Å²) in [6.07, 6.45) is 6.99. The Hall–Kier alpha value is -0.420. The SMILES string of the molecule is Cc1ccc(C(C)NC2CCN(C3CCCCC3O)CC2)s1. The first kappa shape index (κ1) is 16.4. The van der Waals surface area contributed by atoms with E-state index in [0.717, 1.165) is 19.5 Å². The predicted molar refractivity (Wildman–Crippen MR) is 93.5 cm³/mol. The first-order valence-corrected chi connectivity index (χ1v) is 9.69. The summed E-state index contributed by atoms with van der Waals surface area (Å²) in [5, 5.41) is 14.0. The molecular weight excluding hydrogens is 292 g/mol. The number of piperidine rings is 1. The normalized spacial score (nSPS) is 29.6. The van der Waals surface area contributed by atoms with Crippen LogP contribution in [-0.4, -0.2) is 41.3 Å². The smallest absolute Gasteiger partial charge is 0.0695 e. The number of nitrogens with zero attached hydrogens (tertiary/aromatic N) is 1. The fourth-order valence-corrected chi connectivity index (χ4v) is 4.93. The van der Waals surface area contributed by atoms with Crippen LogP contribution in [-0.2, 0) is 0 Å². The molecule has 3 nitrogen and oxygen atoms in total. The van der Waals surface area contributed by atoms with Gasteiger partial charge in [0.05, 0.1) is 6.10 Å². The van der Waals surface area contributed by atoms with Crippen LogP contribution in [0.2, 0.25) is 0 Å². The molecule has 22 heavy (non-hydrogen) atoms. The van der Waals surface area contributed by atoms with Gasteiger partial charge in [-0.2, -0.15) is 0 Å². The lowest BCUT2D eigenvalue weighted by molar-refractivity contribution is 0.00673. The topological polar surface area (TPSA) is 35.5 Å². The molecule has 1 aromatic heterocycles. The molecule has 4 heteroatoms. The Kier molecular flexibility index (Phi) is 5.55. The molecule has 1 aromatic rings. The highest BCUT2D eigenvalue weighted by Crippen LogP contribution is 2.27. The van der Waals surface area contributed by atoms with Crippen LogP contribution < -0.4 is 5.32 Å². The van der Waals surface area contributed by atoms with Gasteiger partial charge in [-0.25, -0.2) is 0 Å². The van der Waals surface area contributed by atoms with Gasteiger partial charge in [-0.15, -0.1) is 11.3 Å². The summed E-state index contributed by atoms with van der Waals surface area (Å²) in [5.41, 5.74) is 0. The number of likely N-dealkylation sites (tertiary alicyclic amines) is 1. The first-order valence-electron chi connectivity index (χ1n) is 8.88. The summed E-state index contributed by atoms with van der Waals surface area (Å²) in [5.74, 6) is 0. The molecule has 3 unspecified atom stereocenters. The maximum atomic E-state index is 10.2. The third-order valence-corrected chi connectivity index (χ3v) is 6.55. The summed E-state index contributed by atoms with van der Waals surface area (Å²) in [4.78, 5) is 5.38. The number of hydrogen-bond acceptors (Lipinski definition) is 4. The fraction of sp³-hybridized carbons (Fsp3) is 0.778. The van der Waals surface area contributed by atoms with E-state index in [1.165, 1.54) is 41.9 Å². The lowest BCUT2D eigenvalue weighted by atomic mass is 9.89. The monoisotopic (exact) mass is 322 g/mol. The highest BCUT2D eigenvalue weighted by atomic mass is 32.1. The van der Waals surface area contributed by atoms with Gasteiger partial charge in [-0.3, -0.25) is 4.90 Å². The molecule has 3 rings (SSSR count). The molecule has 124 valence electrons. The molecule has 0 spiro atoms. The zero-order valence-electron chi connectivity index (χ0n) is 13.9. The second-order valence-corrected chi connectivity index (χ2v) is 8.39. The summed E-state index contributed by atoms with van der Waals surface area (Å²) in [6.45, 7) is 6.72. The van der Waals surface area contributed by atoms with E-state index in [9.17, 15) is 5.11 Å². The molecule has 3 atom stereocenters. The Labute approximate surface area is 138 Å². The summed E-state index contributed by atoms with van der Waals surface area (Å²) < 4.78 is 0. The van der Waals surface area contributed by atoms with Gasteiger partial charge in [0.25, 0.3) is 0 Å². The lowest BCUT2D eigenvalue weighted by Gasteiger charge is -2.42. The number of aliphatic hydroxyl groups excluding tert-OH is 1. The van der Waals surface area contributed by atoms with Gasteiger partial charge in [-0.05, 0) is 51.7 Å². The zero-order chi connectivity index (χ0) is 15.5. The van der Waals surface area contributed by atoms with E-state index in [2.05, 4.69) is 36.2 Å². The van der Waals surface area contributed by atoms with Crippen LogP contribution in [0.25, 0.3) is 0 Å². The van der Waals surface area contributed by atoms with Gasteiger partial charge >= 0.3 is 0 Å². The van der Waals surface area contributed by atoms with E-state index in [1.54, 1.807) is 0 Å². The Morgan fingerprint density at radius 2 is 1.91 bits per heavy atom. The second-order valence-electron chi connectivity index (χ2n) is 7.07. The molecule has 2 heterocycles. The largest absolute Gasteiger partial charge is 0.391 e. The number of thiophene rings is 1. The highest BCUT2D eigenvalue weighted by molar-refractivity contribution is 7.12. The van der Waals surface area contributed by atoms with Gasteiger partial charge in [0, 0.05) is 41.0 Å². The molecule has 1 aliphatic carbocycles. The van der Waals surface area contributed by atoms with Gasteiger partial charge in [0.15, 0.2) is 0 Å². The number of rotatable bonds is 4. The zero-order valence-corrected chi connectivity index (χ0v) is 14.7. The molecule has 0 bridgehead atoms. The summed E-state index contributed by atoms with van der Waals surface area (Å²) in [6, 6.07) is 5.97. The van der Waals surface area contributed by atoms with Crippen molar-refractivity contribution in [1.82, 2.24) is 10.2 Å². The van der Waals surface area contributed by atoms with Gasteiger partial charge in [0.2, 0.25) is 0 Å². The molecule has 1 saturated heterocycles. The maximum Gasteiger partial charge on any atom is 0.0695 e. The van der Waals surface area contributed by atoms with E-state index in [1.807, 2.05) is 11.3 Å². The van der Waals surface area contributed by atoms with Crippen molar-refractivity contribution in [2.45, 2.75) is 76.6 Å². The van der Waals surface area contributed by atoms with E-state index in [4.69, 9.17) is 0 Å². The minimum absolute atomic E-state index is 0.0914. The molecule has 0 radical (unpaired) electrons. The Balaban J connectivity index is 1.47. The number of nitrogens with one attached hydrogen (secondary N) is 1. The van der Waals surface area contributed by atoms with Gasteiger partial charge in [-0.1, -0.05) is 12.8 Å². The van der Waals surface area contributed by atoms with Gasteiger partial charge in [0.1, 0.15) is 0 Å². The highest BCUT2D eigenvalue weighted by Gasteiger charge is 2.31. The van der Waals surface area contributed by atoms with Crippen molar-refractivity contribution in [2.75, 3.05) is 13.1 Å². The van der Waals surface area contributed by atoms with Crippen LogP contribution in [0.4, 0.5) is 0 Å². The van der Waals surface area contributed by atoms with Crippen LogP contribution in [0, 0.1) is 6.92 Å². The van der Waals surface area contributed by atoms with Crippen LogP contribution in [0.1, 0.15) is 61.2 Å². The third-order valence-electron chi connectivity index (χ3n) is 5.37. The molecule has 2 fully saturated rings. The number of hydrogen-bond donors (Lipinski definition) is 2. The minimum Gasteiger partial charge on any atom is -0.391 e. The van der Waals surface area contributed by atoms with Crippen LogP contribution in [0.5, 0.6) is 0 Å². The number of aryl methyl sites for hydroxylation is 1. The Morgan fingerprint density at radius 1 is 1.18 bits per heavy atom. The van der Waals surface area contributed by atoms with Crippen molar-refractivity contribution in [1.29, 1.82) is 0 Å². The minimum atomic E-state index is -0.0914. The van der Waals surface area contributed by atoms with Crippen molar-refractivity contribution in [3.05, 3.63) is 21.9 Å². The standard InChI is InChI=1S/C18H30N2OS/c1-13-7-8-18(22-13)14(2)19-15-9-11-20(12-10-15)16-5-3-4-6-17(16)21/h7-8,14-17,19,21H,3-6,9-12H2,1-2H3. The van der Waals surface area contributed by atoms with Crippen molar-refractivity contribution in [3.63, 3.8) is 0 Å². The third kappa shape index (κ3) is 3.91. The van der Waals surface area contributed by atoms with Crippen LogP contribution >= 0.6 is 11.3 Å². The average Bonchev–Trinajstić information content (AvgIpc) is 2.95. The summed E-state index contributed by atoms with van der Waals surface area (Å²) >= 11 is 1.90.